The molecule has 0 saturated heterocycles. The summed E-state index contributed by atoms with van der Waals surface area (Å²) in [5.41, 5.74) is 0. The van der Waals surface area contributed by atoms with Crippen molar-refractivity contribution in [3.63, 3.8) is 0 Å². The van der Waals surface area contributed by atoms with Crippen LogP contribution in [0.1, 0.15) is 13.8 Å². The normalized spacial score (nSPS) is 13.8. The highest BCUT2D eigenvalue weighted by molar-refractivity contribution is 6.44. The number of hydrogen-bond acceptors (Lipinski definition) is 1. The first-order valence-electron chi connectivity index (χ1n) is 3.50. The van der Waals surface area contributed by atoms with Gasteiger partial charge in [0.25, 0.3) is 0 Å². The minimum atomic E-state index is -0.0142. The summed E-state index contributed by atoms with van der Waals surface area (Å²) in [4.78, 5) is 0. The van der Waals surface area contributed by atoms with Crippen molar-refractivity contribution in [2.24, 2.45) is 0 Å². The van der Waals surface area contributed by atoms with Crippen LogP contribution in [0.3, 0.4) is 0 Å². The standard InChI is InChI=1S/C6H16OSi2/c1-3-6(2)9-5-7-4-8/h3H,4-5,9H2,1-2,8H3. The third-order valence-electron chi connectivity index (χ3n) is 1.34. The van der Waals surface area contributed by atoms with E-state index in [0.29, 0.717) is 0 Å². The molecule has 0 amide bonds. The summed E-state index contributed by atoms with van der Waals surface area (Å²) in [6.45, 7) is 4.30. The first-order valence-corrected chi connectivity index (χ1v) is 6.63. The smallest absolute Gasteiger partial charge is 0.0789 e. The van der Waals surface area contributed by atoms with Crippen LogP contribution in [0.15, 0.2) is 11.3 Å². The van der Waals surface area contributed by atoms with Gasteiger partial charge < -0.3 is 4.74 Å². The van der Waals surface area contributed by atoms with Crippen molar-refractivity contribution in [2.75, 3.05) is 12.5 Å². The van der Waals surface area contributed by atoms with Crippen LogP contribution in [0.4, 0.5) is 0 Å². The molecule has 0 aromatic rings. The Bertz CT molecular complexity index is 91.1. The van der Waals surface area contributed by atoms with E-state index in [2.05, 4.69) is 19.9 Å². The third kappa shape index (κ3) is 6.01. The Labute approximate surface area is 62.7 Å². The van der Waals surface area contributed by atoms with E-state index < -0.39 is 0 Å². The molecule has 0 unspecified atom stereocenters. The highest BCUT2D eigenvalue weighted by Gasteiger charge is 1.87. The maximum Gasteiger partial charge on any atom is 0.0789 e. The van der Waals surface area contributed by atoms with E-state index in [4.69, 9.17) is 4.74 Å². The average Bonchev–Trinajstić information content (AvgIpc) is 1.89. The van der Waals surface area contributed by atoms with Crippen LogP contribution >= 0.6 is 0 Å². The van der Waals surface area contributed by atoms with Gasteiger partial charge in [-0.15, -0.1) is 0 Å². The molecule has 0 fully saturated rings. The molecule has 0 heterocycles. The van der Waals surface area contributed by atoms with Crippen molar-refractivity contribution in [3.05, 3.63) is 11.3 Å². The molecule has 0 aliphatic heterocycles. The SMILES string of the molecule is CC=C(C)[SiH2]COC[SiH3]. The lowest BCUT2D eigenvalue weighted by Gasteiger charge is -1.98. The van der Waals surface area contributed by atoms with Crippen LogP contribution < -0.4 is 0 Å². The largest absolute Gasteiger partial charge is 0.389 e. The van der Waals surface area contributed by atoms with Gasteiger partial charge in [-0.2, -0.15) is 0 Å². The Morgan fingerprint density at radius 3 is 2.89 bits per heavy atom. The number of hydrogen-bond donors (Lipinski definition) is 0. The third-order valence-corrected chi connectivity index (χ3v) is 3.44. The van der Waals surface area contributed by atoms with Crippen LogP contribution in [0.2, 0.25) is 0 Å². The predicted molar refractivity (Wildman–Crippen MR) is 48.7 cm³/mol. The first-order chi connectivity index (χ1) is 4.31. The van der Waals surface area contributed by atoms with Crippen LogP contribution in [0.25, 0.3) is 0 Å². The van der Waals surface area contributed by atoms with E-state index in [1.54, 1.807) is 5.20 Å². The molecule has 0 rings (SSSR count). The molecule has 0 aromatic heterocycles. The first kappa shape index (κ1) is 9.13. The minimum Gasteiger partial charge on any atom is -0.389 e. The van der Waals surface area contributed by atoms with Gasteiger partial charge in [-0.25, -0.2) is 0 Å². The van der Waals surface area contributed by atoms with Gasteiger partial charge in [0.2, 0.25) is 0 Å². The van der Waals surface area contributed by atoms with Crippen molar-refractivity contribution in [1.82, 2.24) is 0 Å². The van der Waals surface area contributed by atoms with Gasteiger partial charge in [0.1, 0.15) is 0 Å². The Morgan fingerprint density at radius 1 is 1.78 bits per heavy atom. The molecular weight excluding hydrogens is 144 g/mol. The van der Waals surface area contributed by atoms with E-state index in [9.17, 15) is 0 Å². The topological polar surface area (TPSA) is 9.23 Å². The molecule has 0 spiro atoms. The van der Waals surface area contributed by atoms with Gasteiger partial charge in [-0.05, 0) is 13.8 Å². The quantitative estimate of drug-likeness (QED) is 0.393. The molecule has 0 aliphatic carbocycles. The van der Waals surface area contributed by atoms with Crippen LogP contribution in [-0.4, -0.2) is 32.2 Å². The van der Waals surface area contributed by atoms with Crippen molar-refractivity contribution >= 4 is 19.8 Å². The Kier molecular flexibility index (Phi) is 6.35. The molecular formula is C6H16OSi2. The highest BCUT2D eigenvalue weighted by Crippen LogP contribution is 1.87. The summed E-state index contributed by atoms with van der Waals surface area (Å²) >= 11 is 0. The lowest BCUT2D eigenvalue weighted by molar-refractivity contribution is 0.229. The van der Waals surface area contributed by atoms with E-state index >= 15 is 0 Å². The fourth-order valence-electron chi connectivity index (χ4n) is 0.522. The molecule has 0 aromatic carbocycles. The maximum absolute atomic E-state index is 5.29. The molecule has 9 heavy (non-hydrogen) atoms. The number of allylic oxidation sites excluding steroid dienone is 2. The summed E-state index contributed by atoms with van der Waals surface area (Å²) in [5, 5.41) is 1.56. The van der Waals surface area contributed by atoms with Gasteiger partial charge in [0, 0.05) is 22.7 Å². The second-order valence-corrected chi connectivity index (χ2v) is 4.68. The summed E-state index contributed by atoms with van der Waals surface area (Å²) in [6, 6.07) is 0. The van der Waals surface area contributed by atoms with E-state index in [1.165, 1.54) is 10.2 Å². The molecule has 0 atom stereocenters. The molecule has 0 aliphatic rings. The lowest BCUT2D eigenvalue weighted by atomic mass is 10.6. The Hall–Kier alpha value is 0.134. The van der Waals surface area contributed by atoms with Gasteiger partial charge >= 0.3 is 0 Å². The summed E-state index contributed by atoms with van der Waals surface area (Å²) in [6.07, 6.45) is 4.24. The van der Waals surface area contributed by atoms with E-state index in [-0.39, 0.29) is 9.52 Å². The molecule has 0 radical (unpaired) electrons. The Morgan fingerprint density at radius 2 is 2.44 bits per heavy atom. The zero-order chi connectivity index (χ0) is 7.11. The zero-order valence-electron chi connectivity index (χ0n) is 6.61. The van der Waals surface area contributed by atoms with Crippen molar-refractivity contribution in [1.29, 1.82) is 0 Å². The van der Waals surface area contributed by atoms with Gasteiger partial charge in [0.15, 0.2) is 0 Å². The monoisotopic (exact) mass is 160 g/mol. The lowest BCUT2D eigenvalue weighted by Crippen LogP contribution is -2.05. The van der Waals surface area contributed by atoms with Gasteiger partial charge in [-0.1, -0.05) is 11.3 Å². The average molecular weight is 160 g/mol. The fraction of sp³-hybridized carbons (Fsp3) is 0.667. The summed E-state index contributed by atoms with van der Waals surface area (Å²) in [7, 11) is 1.17. The predicted octanol–water partition coefficient (Wildman–Crippen LogP) is -0.624. The second-order valence-electron chi connectivity index (χ2n) is 2.08. The summed E-state index contributed by atoms with van der Waals surface area (Å²) < 4.78 is 5.29. The molecule has 0 bridgehead atoms. The van der Waals surface area contributed by atoms with Crippen LogP contribution in [0, 0.1) is 0 Å². The summed E-state index contributed by atoms with van der Waals surface area (Å²) in [5.74, 6) is 0. The van der Waals surface area contributed by atoms with E-state index in [1.807, 2.05) is 0 Å². The van der Waals surface area contributed by atoms with Crippen LogP contribution in [0.5, 0.6) is 0 Å². The zero-order valence-corrected chi connectivity index (χ0v) is 10.0. The molecule has 3 heteroatoms. The van der Waals surface area contributed by atoms with Crippen LogP contribution in [-0.2, 0) is 4.74 Å². The van der Waals surface area contributed by atoms with E-state index in [0.717, 1.165) is 12.5 Å². The van der Waals surface area contributed by atoms with Crippen molar-refractivity contribution in [3.8, 4) is 0 Å². The fourth-order valence-corrected chi connectivity index (χ4v) is 2.43. The molecule has 1 nitrogen and oxygen atoms in total. The van der Waals surface area contributed by atoms with Crippen molar-refractivity contribution < 1.29 is 4.74 Å². The second kappa shape index (κ2) is 6.26. The van der Waals surface area contributed by atoms with Gasteiger partial charge in [-0.3, -0.25) is 0 Å². The molecule has 54 valence electrons. The van der Waals surface area contributed by atoms with Gasteiger partial charge in [0.05, 0.1) is 9.52 Å². The molecule has 0 saturated carbocycles. The minimum absolute atomic E-state index is 0.0142. The maximum atomic E-state index is 5.29. The molecule has 0 N–H and O–H groups in total. The number of ether oxygens (including phenoxy) is 1. The Balaban J connectivity index is 3.07. The highest BCUT2D eigenvalue weighted by atomic mass is 28.2. The number of rotatable bonds is 4. The van der Waals surface area contributed by atoms with Crippen molar-refractivity contribution in [2.45, 2.75) is 13.8 Å².